The van der Waals surface area contributed by atoms with Gasteiger partial charge in [-0.2, -0.15) is 5.26 Å². The molecule has 4 heteroatoms. The molecule has 1 aromatic heterocycles. The summed E-state index contributed by atoms with van der Waals surface area (Å²) in [4.78, 5) is 11.2. The predicted octanol–water partition coefficient (Wildman–Crippen LogP) is 1.64. The lowest BCUT2D eigenvalue weighted by atomic mass is 10.2. The maximum absolute atomic E-state index is 11.2. The second-order valence-electron chi connectivity index (χ2n) is 2.41. The van der Waals surface area contributed by atoms with E-state index in [1.807, 2.05) is 6.07 Å². The molecular weight excluding hydrogens is 170 g/mol. The summed E-state index contributed by atoms with van der Waals surface area (Å²) in [6.07, 6.45) is 0. The lowest BCUT2D eigenvalue weighted by Crippen LogP contribution is -2.04. The number of carbonyl (C=O) groups excluding carboxylic acids is 1. The van der Waals surface area contributed by atoms with E-state index in [4.69, 9.17) is 14.4 Å². The Hall–Kier alpha value is -1.76. The lowest BCUT2D eigenvalue weighted by Gasteiger charge is -1.97. The molecule has 0 aliphatic heterocycles. The minimum atomic E-state index is -0.453. The zero-order chi connectivity index (χ0) is 9.84. The maximum Gasteiger partial charge on any atom is 0.341 e. The Labute approximate surface area is 75.7 Å². The highest BCUT2D eigenvalue weighted by Crippen LogP contribution is 2.14. The van der Waals surface area contributed by atoms with Crippen LogP contribution in [0.4, 0.5) is 0 Å². The molecule has 0 unspecified atom stereocenters. The number of hydrogen-bond acceptors (Lipinski definition) is 4. The Kier molecular flexibility index (Phi) is 2.70. The molecule has 0 saturated heterocycles. The van der Waals surface area contributed by atoms with Crippen LogP contribution in [0.2, 0.25) is 0 Å². The number of furan rings is 1. The van der Waals surface area contributed by atoms with Crippen LogP contribution in [-0.4, -0.2) is 12.6 Å². The first-order valence-corrected chi connectivity index (χ1v) is 3.86. The van der Waals surface area contributed by atoms with E-state index >= 15 is 0 Å². The molecule has 0 bridgehead atoms. The second kappa shape index (κ2) is 3.76. The van der Waals surface area contributed by atoms with Gasteiger partial charge in [0.1, 0.15) is 17.4 Å². The van der Waals surface area contributed by atoms with Gasteiger partial charge >= 0.3 is 5.97 Å². The topological polar surface area (TPSA) is 63.2 Å². The number of nitriles is 1. The van der Waals surface area contributed by atoms with Crippen LogP contribution >= 0.6 is 0 Å². The summed E-state index contributed by atoms with van der Waals surface area (Å²) in [5.41, 5.74) is 0.318. The first kappa shape index (κ1) is 9.33. The van der Waals surface area contributed by atoms with Crippen LogP contribution in [0.3, 0.4) is 0 Å². The maximum atomic E-state index is 11.2. The molecule has 4 nitrogen and oxygen atoms in total. The molecule has 68 valence electrons. The molecular formula is C9H9NO3. The van der Waals surface area contributed by atoms with Gasteiger partial charge in [0, 0.05) is 6.07 Å². The third-order valence-corrected chi connectivity index (χ3v) is 1.52. The molecule has 0 saturated carbocycles. The molecule has 0 spiro atoms. The van der Waals surface area contributed by atoms with Crippen molar-refractivity contribution >= 4 is 5.97 Å². The van der Waals surface area contributed by atoms with E-state index in [1.165, 1.54) is 6.07 Å². The number of carbonyl (C=O) groups is 1. The summed E-state index contributed by atoms with van der Waals surface area (Å²) in [5.74, 6) is 0.0841. The average Bonchev–Trinajstić information content (AvgIpc) is 2.47. The summed E-state index contributed by atoms with van der Waals surface area (Å²) in [6, 6.07) is 3.19. The summed E-state index contributed by atoms with van der Waals surface area (Å²) in [5, 5.41) is 8.49. The Morgan fingerprint density at radius 2 is 2.46 bits per heavy atom. The third kappa shape index (κ3) is 1.88. The second-order valence-corrected chi connectivity index (χ2v) is 2.41. The summed E-state index contributed by atoms with van der Waals surface area (Å²) in [6.45, 7) is 3.65. The highest BCUT2D eigenvalue weighted by atomic mass is 16.5. The van der Waals surface area contributed by atoms with Crippen molar-refractivity contribution in [1.82, 2.24) is 0 Å². The van der Waals surface area contributed by atoms with Gasteiger partial charge in [-0.15, -0.1) is 0 Å². The molecule has 1 rings (SSSR count). The molecule has 0 N–H and O–H groups in total. The molecule has 0 aromatic carbocycles. The molecule has 0 radical (unpaired) electrons. The molecule has 1 heterocycles. The molecule has 0 aliphatic carbocycles. The SMILES string of the molecule is CCOC(=O)c1cc(C#N)oc1C. The van der Waals surface area contributed by atoms with E-state index in [2.05, 4.69) is 0 Å². The van der Waals surface area contributed by atoms with E-state index < -0.39 is 5.97 Å². The van der Waals surface area contributed by atoms with E-state index in [0.717, 1.165) is 0 Å². The number of esters is 1. The van der Waals surface area contributed by atoms with Gasteiger partial charge in [-0.3, -0.25) is 0 Å². The predicted molar refractivity (Wildman–Crippen MR) is 44.1 cm³/mol. The Balaban J connectivity index is 2.95. The zero-order valence-corrected chi connectivity index (χ0v) is 7.46. The summed E-state index contributed by atoms with van der Waals surface area (Å²) in [7, 11) is 0. The van der Waals surface area contributed by atoms with Crippen LogP contribution in [0.1, 0.15) is 28.8 Å². The van der Waals surface area contributed by atoms with Gasteiger partial charge < -0.3 is 9.15 Å². The minimum Gasteiger partial charge on any atom is -0.462 e. The third-order valence-electron chi connectivity index (χ3n) is 1.52. The van der Waals surface area contributed by atoms with Crippen molar-refractivity contribution in [2.75, 3.05) is 6.61 Å². The first-order chi connectivity index (χ1) is 6.19. The number of ether oxygens (including phenoxy) is 1. The van der Waals surface area contributed by atoms with Gasteiger partial charge in [-0.05, 0) is 13.8 Å². The quantitative estimate of drug-likeness (QED) is 0.647. The number of rotatable bonds is 2. The minimum absolute atomic E-state index is 0.126. The monoisotopic (exact) mass is 179 g/mol. The number of aryl methyl sites for hydroxylation is 1. The molecule has 13 heavy (non-hydrogen) atoms. The molecule has 0 aliphatic rings. The van der Waals surface area contributed by atoms with Gasteiger partial charge in [-0.25, -0.2) is 4.79 Å². The van der Waals surface area contributed by atoms with Gasteiger partial charge in [0.2, 0.25) is 5.76 Å². The number of nitrogens with zero attached hydrogens (tertiary/aromatic N) is 1. The van der Waals surface area contributed by atoms with Crippen LogP contribution in [-0.2, 0) is 4.74 Å². The molecule has 0 atom stereocenters. The van der Waals surface area contributed by atoms with Crippen LogP contribution in [0.25, 0.3) is 0 Å². The molecule has 0 amide bonds. The fourth-order valence-electron chi connectivity index (χ4n) is 0.949. The fraction of sp³-hybridized carbons (Fsp3) is 0.333. The first-order valence-electron chi connectivity index (χ1n) is 3.86. The normalized spacial score (nSPS) is 9.31. The van der Waals surface area contributed by atoms with Crippen LogP contribution in [0.15, 0.2) is 10.5 Å². The molecule has 0 fully saturated rings. The van der Waals surface area contributed by atoms with Crippen molar-refractivity contribution in [3.8, 4) is 6.07 Å². The Bertz CT molecular complexity index is 359. The standard InChI is InChI=1S/C9H9NO3/c1-3-12-9(11)8-4-7(5-10)13-6(8)2/h4H,3H2,1-2H3. The van der Waals surface area contributed by atoms with E-state index in [0.29, 0.717) is 17.9 Å². The van der Waals surface area contributed by atoms with E-state index in [9.17, 15) is 4.79 Å². The van der Waals surface area contributed by atoms with E-state index in [1.54, 1.807) is 13.8 Å². The lowest BCUT2D eigenvalue weighted by molar-refractivity contribution is 0.0524. The van der Waals surface area contributed by atoms with Gasteiger partial charge in [-0.1, -0.05) is 0 Å². The average molecular weight is 179 g/mol. The van der Waals surface area contributed by atoms with E-state index in [-0.39, 0.29) is 5.76 Å². The number of hydrogen-bond donors (Lipinski definition) is 0. The Morgan fingerprint density at radius 1 is 1.77 bits per heavy atom. The van der Waals surface area contributed by atoms with Crippen molar-refractivity contribution < 1.29 is 13.9 Å². The Morgan fingerprint density at radius 3 is 2.92 bits per heavy atom. The van der Waals surface area contributed by atoms with Crippen molar-refractivity contribution in [2.24, 2.45) is 0 Å². The summed E-state index contributed by atoms with van der Waals surface area (Å²) < 4.78 is 9.73. The van der Waals surface area contributed by atoms with Gasteiger partial charge in [0.25, 0.3) is 0 Å². The van der Waals surface area contributed by atoms with Crippen molar-refractivity contribution in [3.05, 3.63) is 23.2 Å². The highest BCUT2D eigenvalue weighted by Gasteiger charge is 2.15. The van der Waals surface area contributed by atoms with Crippen molar-refractivity contribution in [1.29, 1.82) is 5.26 Å². The largest absolute Gasteiger partial charge is 0.462 e. The summed E-state index contributed by atoms with van der Waals surface area (Å²) >= 11 is 0. The van der Waals surface area contributed by atoms with Crippen molar-refractivity contribution in [3.63, 3.8) is 0 Å². The van der Waals surface area contributed by atoms with Gasteiger partial charge in [0.05, 0.1) is 6.61 Å². The fourth-order valence-corrected chi connectivity index (χ4v) is 0.949. The van der Waals surface area contributed by atoms with Crippen LogP contribution < -0.4 is 0 Å². The molecule has 1 aromatic rings. The highest BCUT2D eigenvalue weighted by molar-refractivity contribution is 5.90. The van der Waals surface area contributed by atoms with Crippen LogP contribution in [0, 0.1) is 18.3 Å². The van der Waals surface area contributed by atoms with Gasteiger partial charge in [0.15, 0.2) is 0 Å². The zero-order valence-electron chi connectivity index (χ0n) is 7.46. The smallest absolute Gasteiger partial charge is 0.341 e. The van der Waals surface area contributed by atoms with Crippen LogP contribution in [0.5, 0.6) is 0 Å². The van der Waals surface area contributed by atoms with Crippen molar-refractivity contribution in [2.45, 2.75) is 13.8 Å².